The normalized spacial score (nSPS) is 23.6. The Morgan fingerprint density at radius 1 is 1.00 bits per heavy atom. The van der Waals surface area contributed by atoms with Gasteiger partial charge in [0.2, 0.25) is 6.79 Å². The highest BCUT2D eigenvalue weighted by Crippen LogP contribution is 2.47. The minimum atomic E-state index is -0.564. The second-order valence-corrected chi connectivity index (χ2v) is 9.99. The summed E-state index contributed by atoms with van der Waals surface area (Å²) >= 11 is 0. The second-order valence-electron chi connectivity index (χ2n) is 9.99. The molecule has 4 aliphatic rings. The van der Waals surface area contributed by atoms with Gasteiger partial charge in [0.15, 0.2) is 17.3 Å². The number of allylic oxidation sites excluding steroid dienone is 3. The van der Waals surface area contributed by atoms with Crippen molar-refractivity contribution in [2.24, 2.45) is 0 Å². The highest BCUT2D eigenvalue weighted by molar-refractivity contribution is 6.04. The number of benzene rings is 2. The lowest BCUT2D eigenvalue weighted by atomic mass is 9.71. The van der Waals surface area contributed by atoms with Crippen LogP contribution in [0.15, 0.2) is 65.0 Å². The first kappa shape index (κ1) is 22.8. The molecule has 0 saturated heterocycles. The van der Waals surface area contributed by atoms with Gasteiger partial charge in [-0.05, 0) is 80.3 Å². The molecule has 1 fully saturated rings. The summed E-state index contributed by atoms with van der Waals surface area (Å²) in [4.78, 5) is 27.2. The van der Waals surface area contributed by atoms with Crippen LogP contribution in [0.1, 0.15) is 68.4 Å². The fraction of sp³-hybridized carbons (Fsp3) is 0.379. The van der Waals surface area contributed by atoms with Crippen molar-refractivity contribution in [2.45, 2.75) is 63.4 Å². The number of rotatable bonds is 4. The molecule has 2 aliphatic heterocycles. The van der Waals surface area contributed by atoms with Crippen molar-refractivity contribution in [2.75, 3.05) is 6.79 Å². The van der Waals surface area contributed by atoms with Gasteiger partial charge < -0.3 is 19.5 Å². The number of ketones is 1. The molecule has 0 amide bonds. The van der Waals surface area contributed by atoms with E-state index in [0.717, 1.165) is 42.5 Å². The van der Waals surface area contributed by atoms with Gasteiger partial charge in [0, 0.05) is 29.3 Å². The summed E-state index contributed by atoms with van der Waals surface area (Å²) in [7, 11) is 0. The van der Waals surface area contributed by atoms with Crippen molar-refractivity contribution >= 4 is 11.8 Å². The number of carbonyl (C=O) groups is 2. The number of hydrogen-bond donors (Lipinski definition) is 1. The van der Waals surface area contributed by atoms with Crippen molar-refractivity contribution in [3.05, 3.63) is 81.9 Å². The van der Waals surface area contributed by atoms with Crippen molar-refractivity contribution in [3.8, 4) is 11.5 Å². The van der Waals surface area contributed by atoms with Crippen molar-refractivity contribution < 1.29 is 28.2 Å². The fourth-order valence-corrected chi connectivity index (χ4v) is 5.93. The fourth-order valence-electron chi connectivity index (χ4n) is 5.93. The van der Waals surface area contributed by atoms with Crippen molar-refractivity contribution in [3.63, 3.8) is 0 Å². The standard InChI is InChI=1S/C29H28FNO5/c1-16-26(29(33)36-21-4-2-3-5-21)27(18-8-11-24-25(14-18)35-15-34-24)28-22(31-16)12-19(13-23(28)32)17-6-9-20(30)10-7-17/h6-11,14,19,21,27,31H,2-5,12-13,15H2,1H3. The predicted octanol–water partition coefficient (Wildman–Crippen LogP) is 5.40. The Morgan fingerprint density at radius 3 is 2.50 bits per heavy atom. The van der Waals surface area contributed by atoms with Crippen LogP contribution in [0.3, 0.4) is 0 Å². The van der Waals surface area contributed by atoms with Gasteiger partial charge in [0.25, 0.3) is 0 Å². The van der Waals surface area contributed by atoms with E-state index in [1.165, 1.54) is 12.1 Å². The number of Topliss-reactive ketones (excluding diaryl/α,β-unsaturated/α-hetero) is 1. The van der Waals surface area contributed by atoms with Crippen LogP contribution in [0, 0.1) is 5.82 Å². The van der Waals surface area contributed by atoms with E-state index in [2.05, 4.69) is 5.32 Å². The van der Waals surface area contributed by atoms with Crippen LogP contribution in [0.25, 0.3) is 0 Å². The minimum Gasteiger partial charge on any atom is -0.459 e. The first-order chi connectivity index (χ1) is 17.5. The maximum Gasteiger partial charge on any atom is 0.337 e. The lowest BCUT2D eigenvalue weighted by molar-refractivity contribution is -0.144. The number of dihydropyridines is 1. The molecular formula is C29H28FNO5. The maximum absolute atomic E-state index is 13.7. The predicted molar refractivity (Wildman–Crippen MR) is 130 cm³/mol. The molecule has 36 heavy (non-hydrogen) atoms. The third-order valence-corrected chi connectivity index (χ3v) is 7.69. The molecule has 2 aromatic carbocycles. The molecule has 2 aromatic rings. The number of fused-ring (bicyclic) bond motifs is 1. The molecule has 1 N–H and O–H groups in total. The quantitative estimate of drug-likeness (QED) is 0.580. The molecule has 2 atom stereocenters. The summed E-state index contributed by atoms with van der Waals surface area (Å²) in [5.41, 5.74) is 4.26. The molecular weight excluding hydrogens is 461 g/mol. The monoisotopic (exact) mass is 489 g/mol. The lowest BCUT2D eigenvalue weighted by Crippen LogP contribution is -2.36. The Labute approximate surface area is 209 Å². The smallest absolute Gasteiger partial charge is 0.337 e. The zero-order chi connectivity index (χ0) is 24.8. The van der Waals surface area contributed by atoms with E-state index in [4.69, 9.17) is 14.2 Å². The van der Waals surface area contributed by atoms with Gasteiger partial charge in [0.1, 0.15) is 11.9 Å². The van der Waals surface area contributed by atoms with Crippen LogP contribution in [-0.4, -0.2) is 24.6 Å². The summed E-state index contributed by atoms with van der Waals surface area (Å²) in [6.07, 6.45) is 4.64. The van der Waals surface area contributed by atoms with Gasteiger partial charge in [-0.25, -0.2) is 9.18 Å². The van der Waals surface area contributed by atoms with Gasteiger partial charge in [-0.3, -0.25) is 4.79 Å². The van der Waals surface area contributed by atoms with E-state index in [1.807, 2.05) is 25.1 Å². The number of esters is 1. The Hall–Kier alpha value is -3.61. The number of nitrogens with one attached hydrogen (secondary N) is 1. The van der Waals surface area contributed by atoms with Gasteiger partial charge in [-0.1, -0.05) is 18.2 Å². The first-order valence-corrected chi connectivity index (χ1v) is 12.6. The molecule has 0 bridgehead atoms. The molecule has 186 valence electrons. The third kappa shape index (κ3) is 4.06. The lowest BCUT2D eigenvalue weighted by Gasteiger charge is -2.37. The van der Waals surface area contributed by atoms with Gasteiger partial charge in [0.05, 0.1) is 5.57 Å². The first-order valence-electron chi connectivity index (χ1n) is 12.6. The average molecular weight is 490 g/mol. The molecule has 2 unspecified atom stereocenters. The topological polar surface area (TPSA) is 73.9 Å². The molecule has 7 heteroatoms. The Balaban J connectivity index is 1.40. The Bertz CT molecular complexity index is 1290. The summed E-state index contributed by atoms with van der Waals surface area (Å²) < 4.78 is 30.5. The summed E-state index contributed by atoms with van der Waals surface area (Å²) in [6.45, 7) is 2.00. The molecule has 0 spiro atoms. The molecule has 0 radical (unpaired) electrons. The van der Waals surface area contributed by atoms with Crippen LogP contribution in [-0.2, 0) is 14.3 Å². The van der Waals surface area contributed by atoms with E-state index >= 15 is 0 Å². The SMILES string of the molecule is CC1=C(C(=O)OC2CCCC2)C(c2ccc3c(c2)OCO3)C2=C(CC(c3ccc(F)cc3)CC2=O)N1. The van der Waals surface area contributed by atoms with Crippen LogP contribution >= 0.6 is 0 Å². The van der Waals surface area contributed by atoms with Gasteiger partial charge in [-0.2, -0.15) is 0 Å². The molecule has 2 heterocycles. The molecule has 6 nitrogen and oxygen atoms in total. The van der Waals surface area contributed by atoms with Gasteiger partial charge in [-0.15, -0.1) is 0 Å². The maximum atomic E-state index is 13.7. The number of hydrogen-bond acceptors (Lipinski definition) is 6. The van der Waals surface area contributed by atoms with Crippen molar-refractivity contribution in [1.82, 2.24) is 5.32 Å². The number of halogens is 1. The Morgan fingerprint density at radius 2 is 1.72 bits per heavy atom. The second kappa shape index (κ2) is 9.12. The molecule has 0 aromatic heterocycles. The van der Waals surface area contributed by atoms with E-state index < -0.39 is 5.92 Å². The van der Waals surface area contributed by atoms with E-state index in [9.17, 15) is 14.0 Å². The summed E-state index contributed by atoms with van der Waals surface area (Å²) in [5, 5.41) is 3.38. The Kier molecular flexibility index (Phi) is 5.78. The van der Waals surface area contributed by atoms with Gasteiger partial charge >= 0.3 is 5.97 Å². The van der Waals surface area contributed by atoms with E-state index in [-0.39, 0.29) is 42.8 Å². The number of ether oxygens (including phenoxy) is 3. The molecule has 6 rings (SSSR count). The van der Waals surface area contributed by atoms with Crippen LogP contribution in [0.5, 0.6) is 11.5 Å². The highest BCUT2D eigenvalue weighted by Gasteiger charge is 2.42. The third-order valence-electron chi connectivity index (χ3n) is 7.69. The van der Waals surface area contributed by atoms with Crippen LogP contribution < -0.4 is 14.8 Å². The van der Waals surface area contributed by atoms with E-state index in [0.29, 0.717) is 34.8 Å². The zero-order valence-electron chi connectivity index (χ0n) is 20.1. The van der Waals surface area contributed by atoms with E-state index in [1.54, 1.807) is 12.1 Å². The molecule has 1 saturated carbocycles. The average Bonchev–Trinajstić information content (AvgIpc) is 3.55. The summed E-state index contributed by atoms with van der Waals surface area (Å²) in [6, 6.07) is 11.9. The van der Waals surface area contributed by atoms with Crippen LogP contribution in [0.2, 0.25) is 0 Å². The summed E-state index contributed by atoms with van der Waals surface area (Å²) in [5.74, 6) is -0.101. The zero-order valence-corrected chi connectivity index (χ0v) is 20.1. The molecule has 2 aliphatic carbocycles. The minimum absolute atomic E-state index is 0.0283. The number of carbonyl (C=O) groups excluding carboxylic acids is 2. The van der Waals surface area contributed by atoms with Crippen LogP contribution in [0.4, 0.5) is 4.39 Å². The largest absolute Gasteiger partial charge is 0.459 e. The van der Waals surface area contributed by atoms with Crippen molar-refractivity contribution in [1.29, 1.82) is 0 Å². The highest BCUT2D eigenvalue weighted by atomic mass is 19.1.